The molecule has 296 valence electrons. The molecule has 3 heteroatoms. The molecule has 0 saturated heterocycles. The maximum absolute atomic E-state index is 6.85. The zero-order chi connectivity index (χ0) is 41.7. The van der Waals surface area contributed by atoms with E-state index in [4.69, 9.17) is 4.42 Å². The molecule has 0 saturated carbocycles. The van der Waals surface area contributed by atoms with Crippen LogP contribution >= 0.6 is 0 Å². The molecule has 2 aromatic heterocycles. The molecule has 0 aliphatic rings. The Morgan fingerprint density at radius 3 is 1.33 bits per heavy atom. The summed E-state index contributed by atoms with van der Waals surface area (Å²) in [4.78, 5) is 0. The fraction of sp³-hybridized carbons (Fsp3) is 0. The molecule has 2 heterocycles. The van der Waals surface area contributed by atoms with Crippen LogP contribution in [-0.2, 0) is 0 Å². The number of aromatic nitrogens is 1. The average molecular weight is 820 g/mol. The summed E-state index contributed by atoms with van der Waals surface area (Å²) in [6, 6.07) is 91.0. The Morgan fingerprint density at radius 1 is 0.317 bits per heavy atom. The van der Waals surface area contributed by atoms with Crippen LogP contribution in [0.25, 0.3) is 82.8 Å². The molecule has 12 aromatic rings. The largest absolute Gasteiger partial charge is 0.454 e. The molecule has 0 fully saturated rings. The summed E-state index contributed by atoms with van der Waals surface area (Å²) in [6.07, 6.45) is 0. The summed E-state index contributed by atoms with van der Waals surface area (Å²) < 4.78 is 9.20. The topological polar surface area (TPSA) is 18.1 Å². The second-order valence-electron chi connectivity index (χ2n) is 16.4. The fourth-order valence-electron chi connectivity index (χ4n) is 10.2. The van der Waals surface area contributed by atoms with Gasteiger partial charge in [-0.25, -0.2) is 0 Å². The number of nitrogens with zero attached hydrogens (tertiary/aromatic N) is 1. The molecular weight excluding hydrogens is 779 g/mol. The summed E-state index contributed by atoms with van der Waals surface area (Å²) in [5.41, 5.74) is 12.2. The number of hydrogen-bond donors (Lipinski definition) is 0. The Morgan fingerprint density at radius 2 is 0.746 bits per heavy atom. The van der Waals surface area contributed by atoms with Crippen molar-refractivity contribution < 1.29 is 4.42 Å². The van der Waals surface area contributed by atoms with Crippen molar-refractivity contribution in [3.8, 4) is 39.1 Å². The first-order valence-corrected chi connectivity index (χ1v) is 23.7. The first-order valence-electron chi connectivity index (χ1n) is 21.7. The van der Waals surface area contributed by atoms with Gasteiger partial charge in [0.2, 0.25) is 0 Å². The van der Waals surface area contributed by atoms with Crippen LogP contribution in [0, 0.1) is 0 Å². The first kappa shape index (κ1) is 36.8. The van der Waals surface area contributed by atoms with E-state index in [0.717, 1.165) is 38.8 Å². The molecule has 63 heavy (non-hydrogen) atoms. The highest BCUT2D eigenvalue weighted by Crippen LogP contribution is 2.42. The van der Waals surface area contributed by atoms with E-state index in [1.165, 1.54) is 64.8 Å². The highest BCUT2D eigenvalue weighted by atomic mass is 28.3. The summed E-state index contributed by atoms with van der Waals surface area (Å²) in [7, 11) is -2.68. The summed E-state index contributed by atoms with van der Waals surface area (Å²) in [5, 5.41) is 10.2. The van der Waals surface area contributed by atoms with Crippen molar-refractivity contribution in [3.63, 3.8) is 0 Å². The summed E-state index contributed by atoms with van der Waals surface area (Å²) in [6.45, 7) is 0. The van der Waals surface area contributed by atoms with E-state index >= 15 is 0 Å². The van der Waals surface area contributed by atoms with Gasteiger partial charge in [-0.2, -0.15) is 0 Å². The molecule has 0 aliphatic carbocycles. The number of para-hydroxylation sites is 3. The van der Waals surface area contributed by atoms with Gasteiger partial charge in [0.1, 0.15) is 5.58 Å². The average Bonchev–Trinajstić information content (AvgIpc) is 3.92. The van der Waals surface area contributed by atoms with Gasteiger partial charge in [-0.3, -0.25) is 0 Å². The second-order valence-corrected chi connectivity index (χ2v) is 20.2. The smallest absolute Gasteiger partial charge is 0.179 e. The summed E-state index contributed by atoms with van der Waals surface area (Å²) in [5.74, 6) is 0. The third-order valence-electron chi connectivity index (χ3n) is 12.9. The van der Waals surface area contributed by atoms with Gasteiger partial charge in [0, 0.05) is 21.5 Å². The number of benzene rings is 10. The van der Waals surface area contributed by atoms with E-state index < -0.39 is 8.07 Å². The monoisotopic (exact) mass is 819 g/mol. The highest BCUT2D eigenvalue weighted by molar-refractivity contribution is 7.19. The van der Waals surface area contributed by atoms with Crippen LogP contribution in [0.1, 0.15) is 0 Å². The molecule has 10 aromatic carbocycles. The molecule has 0 spiro atoms. The van der Waals surface area contributed by atoms with E-state index in [1.54, 1.807) is 0 Å². The van der Waals surface area contributed by atoms with Gasteiger partial charge in [0.05, 0.1) is 16.7 Å². The lowest BCUT2D eigenvalue weighted by molar-refractivity contribution is 0.666. The third kappa shape index (κ3) is 6.00. The molecule has 0 N–H and O–H groups in total. The fourth-order valence-corrected chi connectivity index (χ4v) is 15.0. The van der Waals surface area contributed by atoms with Crippen molar-refractivity contribution >= 4 is 72.6 Å². The zero-order valence-electron chi connectivity index (χ0n) is 34.5. The molecule has 12 rings (SSSR count). The Labute approximate surface area is 367 Å². The second kappa shape index (κ2) is 15.2. The lowest BCUT2D eigenvalue weighted by Crippen LogP contribution is -2.74. The molecule has 0 aliphatic heterocycles. The summed E-state index contributed by atoms with van der Waals surface area (Å²) >= 11 is 0. The van der Waals surface area contributed by atoms with Crippen molar-refractivity contribution in [1.29, 1.82) is 0 Å². The minimum Gasteiger partial charge on any atom is -0.454 e. The minimum absolute atomic E-state index is 0.879. The van der Waals surface area contributed by atoms with E-state index in [1.807, 2.05) is 0 Å². The molecule has 0 amide bonds. The van der Waals surface area contributed by atoms with Crippen LogP contribution in [0.5, 0.6) is 0 Å². The van der Waals surface area contributed by atoms with Gasteiger partial charge in [-0.15, -0.1) is 0 Å². The van der Waals surface area contributed by atoms with Gasteiger partial charge in [0.25, 0.3) is 0 Å². The Hall–Kier alpha value is -7.98. The van der Waals surface area contributed by atoms with Gasteiger partial charge in [-0.1, -0.05) is 212 Å². The van der Waals surface area contributed by atoms with Crippen molar-refractivity contribution in [1.82, 2.24) is 4.57 Å². The number of fused-ring (bicyclic) bond motifs is 6. The lowest BCUT2D eigenvalue weighted by Gasteiger charge is -2.34. The van der Waals surface area contributed by atoms with Crippen LogP contribution in [0.2, 0.25) is 0 Å². The molecule has 0 radical (unpaired) electrons. The van der Waals surface area contributed by atoms with E-state index in [9.17, 15) is 0 Å². The lowest BCUT2D eigenvalue weighted by atomic mass is 9.94. The number of hydrogen-bond acceptors (Lipinski definition) is 1. The highest BCUT2D eigenvalue weighted by Gasteiger charge is 2.41. The standard InChI is InChI=1S/C60H41NOSi/c1-4-24-47(25-5-1)63(48-26-6-2-7-27-48,49-28-8-3-9-29-49)50-30-16-22-45(41-50)43-20-14-19-42(39-43)44-21-15-23-46(40-44)51-33-18-38-58-59(51)54-34-17-37-57(60(54)62-58)61-55-35-12-10-31-52(55)53-32-11-13-36-56(53)61/h1-41H. The van der Waals surface area contributed by atoms with Gasteiger partial charge >= 0.3 is 0 Å². The van der Waals surface area contributed by atoms with Gasteiger partial charge in [0.15, 0.2) is 13.7 Å². The van der Waals surface area contributed by atoms with Crippen molar-refractivity contribution in [2.45, 2.75) is 0 Å². The van der Waals surface area contributed by atoms with Gasteiger partial charge in [-0.05, 0) is 90.5 Å². The Balaban J connectivity index is 0.963. The van der Waals surface area contributed by atoms with Crippen molar-refractivity contribution in [2.75, 3.05) is 0 Å². The predicted octanol–water partition coefficient (Wildman–Crippen LogP) is 13.1. The van der Waals surface area contributed by atoms with Crippen molar-refractivity contribution in [2.24, 2.45) is 0 Å². The minimum atomic E-state index is -2.68. The van der Waals surface area contributed by atoms with E-state index in [0.29, 0.717) is 0 Å². The molecule has 0 atom stereocenters. The zero-order valence-corrected chi connectivity index (χ0v) is 35.5. The van der Waals surface area contributed by atoms with E-state index in [2.05, 4.69) is 253 Å². The van der Waals surface area contributed by atoms with Crippen LogP contribution in [0.4, 0.5) is 0 Å². The number of furan rings is 1. The number of rotatable bonds is 8. The molecule has 0 unspecified atom stereocenters. The van der Waals surface area contributed by atoms with Crippen LogP contribution in [0.3, 0.4) is 0 Å². The SMILES string of the molecule is c1ccc([Si](c2ccccc2)(c2ccccc2)c2cccc(-c3cccc(-c4cccc(-c5cccc6oc7c(-n8c9ccccc9c9ccccc98)cccc7c56)c4)c3)c2)cc1. The van der Waals surface area contributed by atoms with Crippen LogP contribution < -0.4 is 20.7 Å². The van der Waals surface area contributed by atoms with Gasteiger partial charge < -0.3 is 8.98 Å². The molecule has 2 nitrogen and oxygen atoms in total. The molecular formula is C60H41NOSi. The third-order valence-corrected chi connectivity index (χ3v) is 17.7. The Kier molecular flexibility index (Phi) is 8.87. The van der Waals surface area contributed by atoms with E-state index in [-0.39, 0.29) is 0 Å². The predicted molar refractivity (Wildman–Crippen MR) is 268 cm³/mol. The maximum Gasteiger partial charge on any atom is 0.179 e. The van der Waals surface area contributed by atoms with Crippen LogP contribution in [0.15, 0.2) is 253 Å². The quantitative estimate of drug-likeness (QED) is 0.110. The normalized spacial score (nSPS) is 11.8. The molecule has 0 bridgehead atoms. The van der Waals surface area contributed by atoms with Crippen LogP contribution in [-0.4, -0.2) is 12.6 Å². The first-order chi connectivity index (χ1) is 31.3. The maximum atomic E-state index is 6.85. The van der Waals surface area contributed by atoms with Crippen molar-refractivity contribution in [3.05, 3.63) is 249 Å². The Bertz CT molecular complexity index is 3470.